The van der Waals surface area contributed by atoms with Crippen molar-refractivity contribution in [2.24, 2.45) is 0 Å². The molecule has 2 atom stereocenters. The van der Waals surface area contributed by atoms with Crippen molar-refractivity contribution < 1.29 is 74.4 Å². The van der Waals surface area contributed by atoms with Crippen LogP contribution in [0.25, 0.3) is 0 Å². The molecule has 456 valence electrons. The van der Waals surface area contributed by atoms with E-state index in [0.29, 0.717) is 59.5 Å². The molecule has 0 aromatic heterocycles. The topological polar surface area (TPSA) is 154 Å². The molecule has 0 spiro atoms. The van der Waals surface area contributed by atoms with Crippen LogP contribution in [0.15, 0.2) is 29.2 Å². The Kier molecular flexibility index (Phi) is 94.9. The molecule has 2 saturated heterocycles. The predicted octanol–water partition coefficient (Wildman–Crippen LogP) is 14.9. The molecule has 2 unspecified atom stereocenters. The van der Waals surface area contributed by atoms with E-state index in [1.165, 1.54) is 27.4 Å². The summed E-state index contributed by atoms with van der Waals surface area (Å²) in [7, 11) is -3.73. The van der Waals surface area contributed by atoms with Crippen molar-refractivity contribution in [2.45, 2.75) is 144 Å². The van der Waals surface area contributed by atoms with E-state index in [0.717, 1.165) is 135 Å². The molecule has 3 rings (SSSR count). The Morgan fingerprint density at radius 3 is 1.07 bits per heavy atom. The summed E-state index contributed by atoms with van der Waals surface area (Å²) >= 11 is 15.2. The fraction of sp³-hybridized carbons (Fsp3) is 0.865. The van der Waals surface area contributed by atoms with Crippen molar-refractivity contribution in [3.8, 4) is 0 Å². The molecule has 0 bridgehead atoms. The van der Waals surface area contributed by atoms with Crippen LogP contribution in [0, 0.1) is 14.4 Å². The molecule has 0 N–H and O–H groups in total. The van der Waals surface area contributed by atoms with E-state index in [1.54, 1.807) is 12.1 Å². The SMILES string of the molecule is CC.CCCOCCOCCBr.CCCOCCOCCC.CCCOCCOCCOC1CCCCO1.CCI.CCI.Cc1ccc(S(=O)(=O)OCCOCCOCCOC2CCCCO2)cc1.[CH3-].[I][V]([I])[I]. The van der Waals surface area contributed by atoms with Gasteiger partial charge in [0.1, 0.15) is 0 Å². The molecule has 1 aromatic rings. The van der Waals surface area contributed by atoms with Crippen LogP contribution >= 0.6 is 121 Å². The van der Waals surface area contributed by atoms with Crippen molar-refractivity contribution in [1.29, 1.82) is 0 Å². The fourth-order valence-electron chi connectivity index (χ4n) is 5.06. The van der Waals surface area contributed by atoms with Gasteiger partial charge in [0.05, 0.1) is 104 Å². The minimum atomic E-state index is -3.73. The summed E-state index contributed by atoms with van der Waals surface area (Å²) in [5, 5.41) is 0.904. The number of hydrogen-bond donors (Lipinski definition) is 0. The maximum absolute atomic E-state index is 12.0. The first kappa shape index (κ1) is 89.6. The van der Waals surface area contributed by atoms with E-state index >= 15 is 0 Å². The van der Waals surface area contributed by atoms with Gasteiger partial charge in [0.25, 0.3) is 10.1 Å². The summed E-state index contributed by atoms with van der Waals surface area (Å²) in [6, 6.07) is 6.52. The molecule has 75 heavy (non-hydrogen) atoms. The van der Waals surface area contributed by atoms with Gasteiger partial charge in [-0.05, 0) is 92.1 Å². The standard InChI is InChI=1S/C18H28O7S.C12H24O4.C8H18O2.C7H15BrO2.2C2H5I.C2H6.CH3.3HI.V/c1-16-5-7-17(8-6-16)26(19,20)25-15-13-22-11-10-21-12-14-24-18-4-2-3-9-23-18;1-2-6-13-8-9-14-10-11-16-12-5-3-4-7-15-12;1-3-5-9-7-8-10-6-4-2;1-2-4-9-6-7-10-5-3-8;2*1-2-3;1-2;;;;;/h5-8,18H,2-4,9-15H2,1H3;12H,2-11H2,1H3;3-8H2,1-2H3;2-7H2,1H3;2*2H2,1H3;1-2H3;1H3;3*1H;/q;;;;;;;-1;;;;+3/p-3. The van der Waals surface area contributed by atoms with Gasteiger partial charge < -0.3 is 64.3 Å². The second-order valence-corrected chi connectivity index (χ2v) is 55.6. The summed E-state index contributed by atoms with van der Waals surface area (Å²) < 4.78 is 95.3. The van der Waals surface area contributed by atoms with Crippen LogP contribution in [-0.2, 0) is 76.1 Å². The molecule has 2 fully saturated rings. The van der Waals surface area contributed by atoms with Gasteiger partial charge in [-0.15, -0.1) is 0 Å². The molecular weight excluding hydrogens is 1660 g/mol. The Labute approximate surface area is 533 Å². The number of ether oxygens (including phenoxy) is 12. The first-order valence-electron chi connectivity index (χ1n) is 26.4. The Hall–Kier alpha value is 3.36. The van der Waals surface area contributed by atoms with Gasteiger partial charge in [0.15, 0.2) is 12.6 Å². The van der Waals surface area contributed by atoms with E-state index in [9.17, 15) is 8.42 Å². The minimum absolute atomic E-state index is 0. The zero-order valence-corrected chi connectivity index (χ0v) is 62.3. The number of halogens is 6. The molecule has 2 aliphatic rings. The van der Waals surface area contributed by atoms with Gasteiger partial charge in [0.2, 0.25) is 0 Å². The number of aryl methyl sites for hydroxylation is 1. The van der Waals surface area contributed by atoms with Crippen LogP contribution in [0.5, 0.6) is 0 Å². The molecule has 2 aliphatic heterocycles. The quantitative estimate of drug-likeness (QED) is 0.0208. The zero-order valence-electron chi connectivity index (χ0n) is 47.8. The maximum atomic E-state index is 12.0. The monoisotopic (exact) mass is 1770 g/mol. The molecule has 1 aromatic carbocycles. The summed E-state index contributed by atoms with van der Waals surface area (Å²) in [5.41, 5.74) is 0.990. The third kappa shape index (κ3) is 81.6. The average molecular weight is 1770 g/mol. The molecule has 0 amide bonds. The number of rotatable bonds is 35. The fourth-order valence-corrected chi connectivity index (χ4v) is 6.18. The Bertz CT molecular complexity index is 1200. The van der Waals surface area contributed by atoms with Crippen LogP contribution in [0.1, 0.15) is 125 Å². The van der Waals surface area contributed by atoms with Crippen LogP contribution in [0.3, 0.4) is 0 Å². The van der Waals surface area contributed by atoms with Crippen LogP contribution in [-0.4, -0.2) is 174 Å². The van der Waals surface area contributed by atoms with Crippen LogP contribution in [0.4, 0.5) is 0 Å². The molecule has 15 nitrogen and oxygen atoms in total. The van der Waals surface area contributed by atoms with E-state index in [4.69, 9.17) is 61.0 Å². The van der Waals surface area contributed by atoms with Gasteiger partial charge in [-0.1, -0.05) is 134 Å². The summed E-state index contributed by atoms with van der Waals surface area (Å²) in [6.45, 7) is 31.6. The van der Waals surface area contributed by atoms with Gasteiger partial charge >= 0.3 is 64.9 Å². The normalized spacial score (nSPS) is 14.6. The molecule has 0 aliphatic carbocycles. The first-order chi connectivity index (χ1) is 35.9. The van der Waals surface area contributed by atoms with E-state index < -0.39 is 10.1 Å². The average Bonchev–Trinajstić information content (AvgIpc) is 3.40. The van der Waals surface area contributed by atoms with Crippen molar-refractivity contribution in [3.05, 3.63) is 37.3 Å². The van der Waals surface area contributed by atoms with Crippen molar-refractivity contribution in [1.82, 2.24) is 0 Å². The summed E-state index contributed by atoms with van der Waals surface area (Å²) in [5.74, 6) is 0. The third-order valence-corrected chi connectivity index (χ3v) is 9.87. The Morgan fingerprint density at radius 1 is 0.507 bits per heavy atom. The number of alkyl halides is 3. The number of hydrogen-bond acceptors (Lipinski definition) is 15. The Morgan fingerprint density at radius 2 is 0.787 bits per heavy atom. The van der Waals surface area contributed by atoms with Crippen molar-refractivity contribution in [3.63, 3.8) is 0 Å². The summed E-state index contributed by atoms with van der Waals surface area (Å²) in [6.07, 6.45) is 10.8. The van der Waals surface area contributed by atoms with E-state index in [-0.39, 0.29) is 43.0 Å². The Balaban J connectivity index is -0.000000209. The summed E-state index contributed by atoms with van der Waals surface area (Å²) in [4.78, 5) is -0.131. The van der Waals surface area contributed by atoms with Gasteiger partial charge in [-0.2, -0.15) is 8.42 Å². The van der Waals surface area contributed by atoms with E-state index in [2.05, 4.69) is 163 Å². The second kappa shape index (κ2) is 79.4. The van der Waals surface area contributed by atoms with Gasteiger partial charge in [-0.3, -0.25) is 4.18 Å². The zero-order chi connectivity index (χ0) is 56.4. The van der Waals surface area contributed by atoms with Gasteiger partial charge in [-0.25, -0.2) is 0 Å². The molecular formula is C52H104BrI5O15SV-. The third-order valence-electron chi connectivity index (χ3n) is 8.22. The molecule has 0 radical (unpaired) electrons. The van der Waals surface area contributed by atoms with Crippen LogP contribution < -0.4 is 0 Å². The van der Waals surface area contributed by atoms with Gasteiger partial charge in [0, 0.05) is 45.0 Å². The molecule has 0 saturated carbocycles. The van der Waals surface area contributed by atoms with Crippen molar-refractivity contribution >= 4 is 131 Å². The van der Waals surface area contributed by atoms with Crippen molar-refractivity contribution in [2.75, 3.05) is 153 Å². The number of benzene rings is 1. The molecule has 23 heteroatoms. The molecule has 2 heterocycles. The van der Waals surface area contributed by atoms with Crippen LogP contribution in [0.2, 0.25) is 0 Å². The second-order valence-electron chi connectivity index (χ2n) is 14.7. The first-order valence-corrected chi connectivity index (χ1v) is 45.5. The van der Waals surface area contributed by atoms with E-state index in [1.807, 2.05) is 20.8 Å². The predicted molar refractivity (Wildman–Crippen MR) is 354 cm³/mol.